The lowest BCUT2D eigenvalue weighted by molar-refractivity contribution is -0.404. The van der Waals surface area contributed by atoms with Gasteiger partial charge in [-0.3, -0.25) is 15.1 Å². The molecule has 0 bridgehead atoms. The molecule has 0 aliphatic rings. The van der Waals surface area contributed by atoms with Gasteiger partial charge in [0.1, 0.15) is 0 Å². The Morgan fingerprint density at radius 3 is 2.89 bits per heavy atom. The van der Waals surface area contributed by atoms with E-state index in [0.717, 1.165) is 11.8 Å². The molecule has 0 saturated heterocycles. The van der Waals surface area contributed by atoms with Crippen LogP contribution in [0.3, 0.4) is 0 Å². The molecule has 6 nitrogen and oxygen atoms in total. The highest BCUT2D eigenvalue weighted by Gasteiger charge is 2.11. The standard InChI is InChI=1S/C12H18N4O2/c1-10(2)14-12(9-16(17)18)15(3)8-11-5-4-6-13-7-11/h4-7,9-10,14H,8H2,1-3H3. The second-order valence-corrected chi connectivity index (χ2v) is 4.32. The van der Waals surface area contributed by atoms with Gasteiger partial charge in [-0.05, 0) is 25.5 Å². The molecule has 0 aromatic carbocycles. The van der Waals surface area contributed by atoms with E-state index in [0.29, 0.717) is 12.4 Å². The maximum absolute atomic E-state index is 10.6. The average molecular weight is 250 g/mol. The van der Waals surface area contributed by atoms with Crippen molar-refractivity contribution in [1.82, 2.24) is 15.2 Å². The van der Waals surface area contributed by atoms with Gasteiger partial charge < -0.3 is 10.2 Å². The van der Waals surface area contributed by atoms with Crippen molar-refractivity contribution in [3.05, 3.63) is 52.2 Å². The molecule has 1 aromatic heterocycles. The first kappa shape index (κ1) is 14.0. The van der Waals surface area contributed by atoms with E-state index in [1.807, 2.05) is 26.0 Å². The Bertz CT molecular complexity index is 417. The van der Waals surface area contributed by atoms with Gasteiger partial charge in [0.05, 0.1) is 4.92 Å². The molecule has 0 unspecified atom stereocenters. The van der Waals surface area contributed by atoms with Crippen molar-refractivity contribution in [2.75, 3.05) is 7.05 Å². The zero-order chi connectivity index (χ0) is 13.5. The van der Waals surface area contributed by atoms with Gasteiger partial charge in [-0.2, -0.15) is 0 Å². The van der Waals surface area contributed by atoms with E-state index < -0.39 is 4.92 Å². The second-order valence-electron chi connectivity index (χ2n) is 4.32. The predicted molar refractivity (Wildman–Crippen MR) is 69.1 cm³/mol. The van der Waals surface area contributed by atoms with Crippen molar-refractivity contribution >= 4 is 0 Å². The zero-order valence-corrected chi connectivity index (χ0v) is 10.8. The van der Waals surface area contributed by atoms with E-state index in [9.17, 15) is 10.1 Å². The number of hydrogen-bond donors (Lipinski definition) is 1. The van der Waals surface area contributed by atoms with Crippen LogP contribution < -0.4 is 5.32 Å². The number of nitrogens with zero attached hydrogens (tertiary/aromatic N) is 3. The summed E-state index contributed by atoms with van der Waals surface area (Å²) in [6.07, 6.45) is 4.43. The highest BCUT2D eigenvalue weighted by atomic mass is 16.6. The highest BCUT2D eigenvalue weighted by Crippen LogP contribution is 2.06. The molecule has 1 rings (SSSR count). The van der Waals surface area contributed by atoms with Gasteiger partial charge in [-0.15, -0.1) is 0 Å². The van der Waals surface area contributed by atoms with Crippen LogP contribution >= 0.6 is 0 Å². The first-order valence-corrected chi connectivity index (χ1v) is 5.71. The lowest BCUT2D eigenvalue weighted by Crippen LogP contribution is -2.33. The van der Waals surface area contributed by atoms with E-state index >= 15 is 0 Å². The minimum atomic E-state index is -0.454. The van der Waals surface area contributed by atoms with Gasteiger partial charge >= 0.3 is 0 Å². The molecule has 98 valence electrons. The van der Waals surface area contributed by atoms with Crippen molar-refractivity contribution in [2.45, 2.75) is 26.4 Å². The molecule has 0 aliphatic carbocycles. The molecule has 0 aliphatic heterocycles. The van der Waals surface area contributed by atoms with Crippen LogP contribution in [0.2, 0.25) is 0 Å². The van der Waals surface area contributed by atoms with E-state index in [4.69, 9.17) is 0 Å². The van der Waals surface area contributed by atoms with E-state index in [1.165, 1.54) is 0 Å². The third kappa shape index (κ3) is 4.82. The van der Waals surface area contributed by atoms with Crippen LogP contribution in [-0.4, -0.2) is 27.9 Å². The van der Waals surface area contributed by atoms with Crippen LogP contribution in [0, 0.1) is 10.1 Å². The smallest absolute Gasteiger partial charge is 0.274 e. The molecule has 1 aromatic rings. The molecule has 0 amide bonds. The maximum Gasteiger partial charge on any atom is 0.274 e. The fourth-order valence-electron chi connectivity index (χ4n) is 1.49. The van der Waals surface area contributed by atoms with Gasteiger partial charge in [0.2, 0.25) is 0 Å². The van der Waals surface area contributed by atoms with Crippen molar-refractivity contribution in [3.8, 4) is 0 Å². The molecule has 0 radical (unpaired) electrons. The Hall–Kier alpha value is -2.11. The summed E-state index contributed by atoms with van der Waals surface area (Å²) in [5, 5.41) is 13.7. The van der Waals surface area contributed by atoms with Crippen molar-refractivity contribution in [1.29, 1.82) is 0 Å². The first-order valence-electron chi connectivity index (χ1n) is 5.71. The van der Waals surface area contributed by atoms with Crippen LogP contribution in [0.25, 0.3) is 0 Å². The fourth-order valence-corrected chi connectivity index (χ4v) is 1.49. The molecule has 6 heteroatoms. The van der Waals surface area contributed by atoms with Crippen molar-refractivity contribution in [2.24, 2.45) is 0 Å². The molecule has 0 spiro atoms. The Morgan fingerprint density at radius 2 is 2.39 bits per heavy atom. The summed E-state index contributed by atoms with van der Waals surface area (Å²) in [7, 11) is 1.80. The van der Waals surface area contributed by atoms with E-state index in [-0.39, 0.29) is 6.04 Å². The molecule has 0 atom stereocenters. The Kier molecular flexibility index (Phi) is 5.10. The second kappa shape index (κ2) is 6.58. The quantitative estimate of drug-likeness (QED) is 0.613. The summed E-state index contributed by atoms with van der Waals surface area (Å²) in [6.45, 7) is 4.44. The first-order chi connectivity index (χ1) is 8.49. The number of pyridine rings is 1. The molecule has 0 saturated carbocycles. The van der Waals surface area contributed by atoms with Gasteiger partial charge in [0.15, 0.2) is 5.82 Å². The third-order valence-corrected chi connectivity index (χ3v) is 2.22. The molecular formula is C12H18N4O2. The zero-order valence-electron chi connectivity index (χ0n) is 10.8. The third-order valence-electron chi connectivity index (χ3n) is 2.22. The number of aromatic nitrogens is 1. The summed E-state index contributed by atoms with van der Waals surface area (Å²) in [6, 6.07) is 3.91. The normalized spacial score (nSPS) is 11.4. The molecule has 18 heavy (non-hydrogen) atoms. The summed E-state index contributed by atoms with van der Waals surface area (Å²) < 4.78 is 0. The van der Waals surface area contributed by atoms with Crippen molar-refractivity contribution < 1.29 is 4.92 Å². The number of nitrogens with one attached hydrogen (secondary N) is 1. The number of nitro groups is 1. The van der Waals surface area contributed by atoms with Crippen LogP contribution in [0.5, 0.6) is 0 Å². The maximum atomic E-state index is 10.6. The summed E-state index contributed by atoms with van der Waals surface area (Å²) >= 11 is 0. The average Bonchev–Trinajstić information content (AvgIpc) is 2.28. The summed E-state index contributed by atoms with van der Waals surface area (Å²) in [5.74, 6) is 0.485. The van der Waals surface area contributed by atoms with Crippen LogP contribution in [0.4, 0.5) is 0 Å². The van der Waals surface area contributed by atoms with E-state index in [2.05, 4.69) is 10.3 Å². The van der Waals surface area contributed by atoms with Gasteiger partial charge in [-0.1, -0.05) is 6.07 Å². The summed E-state index contributed by atoms with van der Waals surface area (Å²) in [4.78, 5) is 16.0. The molecule has 0 fully saturated rings. The van der Waals surface area contributed by atoms with Gasteiger partial charge in [0.25, 0.3) is 6.20 Å². The van der Waals surface area contributed by atoms with Crippen LogP contribution in [0.15, 0.2) is 36.5 Å². The van der Waals surface area contributed by atoms with Gasteiger partial charge in [0, 0.05) is 32.0 Å². The predicted octanol–water partition coefficient (Wildman–Crippen LogP) is 1.59. The SMILES string of the molecule is CC(C)NC(=C[N+](=O)[O-])N(C)Cc1cccnc1. The number of hydrogen-bond acceptors (Lipinski definition) is 5. The Morgan fingerprint density at radius 1 is 1.67 bits per heavy atom. The van der Waals surface area contributed by atoms with E-state index in [1.54, 1.807) is 24.3 Å². The topological polar surface area (TPSA) is 71.3 Å². The monoisotopic (exact) mass is 250 g/mol. The van der Waals surface area contributed by atoms with Crippen LogP contribution in [-0.2, 0) is 6.54 Å². The lowest BCUT2D eigenvalue weighted by Gasteiger charge is -2.23. The van der Waals surface area contributed by atoms with Gasteiger partial charge in [-0.25, -0.2) is 0 Å². The number of rotatable bonds is 6. The highest BCUT2D eigenvalue weighted by molar-refractivity contribution is 5.10. The minimum Gasteiger partial charge on any atom is -0.364 e. The Balaban J connectivity index is 2.76. The lowest BCUT2D eigenvalue weighted by atomic mass is 10.2. The van der Waals surface area contributed by atoms with Crippen molar-refractivity contribution in [3.63, 3.8) is 0 Å². The molecule has 1 heterocycles. The Labute approximate surface area is 106 Å². The fraction of sp³-hybridized carbons (Fsp3) is 0.417. The molecular weight excluding hydrogens is 232 g/mol. The minimum absolute atomic E-state index is 0.132. The molecule has 1 N–H and O–H groups in total. The van der Waals surface area contributed by atoms with Crippen LogP contribution in [0.1, 0.15) is 19.4 Å². The largest absolute Gasteiger partial charge is 0.364 e. The summed E-state index contributed by atoms with van der Waals surface area (Å²) in [5.41, 5.74) is 1.000.